The predicted octanol–water partition coefficient (Wildman–Crippen LogP) is 5.08. The highest BCUT2D eigenvalue weighted by atomic mass is 35.5. The van der Waals surface area contributed by atoms with Crippen molar-refractivity contribution in [2.24, 2.45) is 11.3 Å². The Morgan fingerprint density at radius 3 is 2.50 bits per heavy atom. The van der Waals surface area contributed by atoms with Crippen LogP contribution in [0.3, 0.4) is 0 Å². The van der Waals surface area contributed by atoms with Crippen molar-refractivity contribution in [2.75, 3.05) is 14.1 Å². The first-order valence-electron chi connectivity index (χ1n) is 14.4. The minimum atomic E-state index is -0.830. The van der Waals surface area contributed by atoms with Crippen LogP contribution in [0, 0.1) is 23.2 Å². The largest absolute Gasteiger partial charge is 0.388 e. The smallest absolute Gasteiger partial charge is 0.229 e. The molecule has 2 aromatic heterocycles. The summed E-state index contributed by atoms with van der Waals surface area (Å²) in [5.41, 5.74) is 3.31. The number of benzene rings is 2. The lowest BCUT2D eigenvalue weighted by Gasteiger charge is -2.24. The molecule has 2 N–H and O–H groups in total. The van der Waals surface area contributed by atoms with Crippen molar-refractivity contribution < 1.29 is 14.3 Å². The number of hydrogen-bond acceptors (Lipinski definition) is 7. The van der Waals surface area contributed by atoms with Crippen molar-refractivity contribution in [2.45, 2.75) is 44.3 Å². The number of rotatable bonds is 5. The topological polar surface area (TPSA) is 103 Å². The van der Waals surface area contributed by atoms with E-state index in [2.05, 4.69) is 22.5 Å². The Labute approximate surface area is 265 Å². The van der Waals surface area contributed by atoms with Gasteiger partial charge in [0.2, 0.25) is 11.7 Å². The summed E-state index contributed by atoms with van der Waals surface area (Å²) >= 11 is 12.9. The summed E-state index contributed by atoms with van der Waals surface area (Å²) in [4.78, 5) is 27.7. The average molecular weight is 630 g/mol. The number of nitrogens with zero attached hydrogens (tertiary/aromatic N) is 4. The first-order chi connectivity index (χ1) is 21.2. The molecule has 2 aromatic carbocycles. The number of nitrogens with one attached hydrogen (secondary N) is 2. The SMILES string of the molecule is CNC(=O)[C@@]12C[C@@H]1[C@@H](n1cnc3c(/C=C(\NC)c4ccccc4Cl)nc(C#Cc4ccccc4Cl)nc31)[C@H]1OC(C)(C)O[C@H]12. The number of imidazole rings is 1. The second-order valence-electron chi connectivity index (χ2n) is 11.7. The molecule has 5 atom stereocenters. The quantitative estimate of drug-likeness (QED) is 0.297. The van der Waals surface area contributed by atoms with Gasteiger partial charge in [0.15, 0.2) is 11.4 Å². The number of carbonyl (C=O) groups is 1. The Morgan fingerprint density at radius 1 is 1.02 bits per heavy atom. The van der Waals surface area contributed by atoms with Gasteiger partial charge in [-0.05, 0) is 50.5 Å². The summed E-state index contributed by atoms with van der Waals surface area (Å²) in [7, 11) is 3.49. The molecule has 1 aliphatic heterocycles. The maximum Gasteiger partial charge on any atom is 0.229 e. The molecule has 2 saturated carbocycles. The fourth-order valence-corrected chi connectivity index (χ4v) is 7.22. The molecular weight excluding hydrogens is 599 g/mol. The van der Waals surface area contributed by atoms with Crippen LogP contribution in [-0.4, -0.2) is 57.5 Å². The number of amides is 1. The third-order valence-corrected chi connectivity index (χ3v) is 9.42. The average Bonchev–Trinajstić information content (AvgIpc) is 3.32. The van der Waals surface area contributed by atoms with Gasteiger partial charge in [-0.3, -0.25) is 4.79 Å². The van der Waals surface area contributed by atoms with Crippen molar-refractivity contribution in [1.82, 2.24) is 30.2 Å². The molecule has 3 fully saturated rings. The minimum absolute atomic E-state index is 0.00596. The first-order valence-corrected chi connectivity index (χ1v) is 15.2. The van der Waals surface area contributed by atoms with Crippen LogP contribution < -0.4 is 10.6 Å². The lowest BCUT2D eigenvalue weighted by Crippen LogP contribution is -2.40. The van der Waals surface area contributed by atoms with Crippen LogP contribution in [0.25, 0.3) is 22.9 Å². The highest BCUT2D eigenvalue weighted by Gasteiger charge is 2.79. The van der Waals surface area contributed by atoms with Crippen molar-refractivity contribution in [1.29, 1.82) is 0 Å². The Bertz CT molecular complexity index is 1910. The van der Waals surface area contributed by atoms with E-state index in [1.54, 1.807) is 19.4 Å². The lowest BCUT2D eigenvalue weighted by molar-refractivity contribution is -0.164. The van der Waals surface area contributed by atoms with Crippen LogP contribution >= 0.6 is 23.2 Å². The van der Waals surface area contributed by atoms with E-state index < -0.39 is 11.2 Å². The lowest BCUT2D eigenvalue weighted by atomic mass is 9.98. The number of aromatic nitrogens is 4. The van der Waals surface area contributed by atoms with Crippen LogP contribution in [0.2, 0.25) is 10.0 Å². The Hall–Kier alpha value is -3.94. The van der Waals surface area contributed by atoms with Gasteiger partial charge in [-0.15, -0.1) is 0 Å². The molecule has 3 aliphatic rings. The Morgan fingerprint density at radius 2 is 1.77 bits per heavy atom. The zero-order valence-electron chi connectivity index (χ0n) is 24.6. The third kappa shape index (κ3) is 4.56. The standard InChI is InChI=1S/C33H30Cl2N6O3/c1-32(2)43-28-27(20-16-33(20,29(28)44-32)31(42)37-4)41-17-38-26-24(15-23(36-3)19-10-6-8-12-22(19)35)39-25(40-30(26)41)14-13-18-9-5-7-11-21(18)34/h5-12,15,17,20,27-29,36H,16H2,1-4H3,(H,37,42)/b23-15-/t20-,27-,28-,29-,33+/m1/s1. The van der Waals surface area contributed by atoms with E-state index in [1.165, 1.54) is 0 Å². The monoisotopic (exact) mass is 628 g/mol. The fraction of sp³-hybridized carbons (Fsp3) is 0.333. The zero-order valence-corrected chi connectivity index (χ0v) is 26.1. The maximum absolute atomic E-state index is 13.2. The van der Waals surface area contributed by atoms with Gasteiger partial charge >= 0.3 is 0 Å². The summed E-state index contributed by atoms with van der Waals surface area (Å²) < 4.78 is 14.8. The van der Waals surface area contributed by atoms with Crippen LogP contribution in [0.15, 0.2) is 54.9 Å². The zero-order chi connectivity index (χ0) is 30.8. The van der Waals surface area contributed by atoms with E-state index in [9.17, 15) is 4.79 Å². The van der Waals surface area contributed by atoms with Gasteiger partial charge in [0.1, 0.15) is 17.7 Å². The second kappa shape index (κ2) is 10.6. The minimum Gasteiger partial charge on any atom is -0.388 e. The van der Waals surface area contributed by atoms with E-state index in [0.29, 0.717) is 44.7 Å². The molecule has 2 aliphatic carbocycles. The molecule has 44 heavy (non-hydrogen) atoms. The Balaban J connectivity index is 1.40. The molecule has 0 bridgehead atoms. The van der Waals surface area contributed by atoms with Gasteiger partial charge in [0.05, 0.1) is 28.5 Å². The van der Waals surface area contributed by atoms with Crippen molar-refractivity contribution in [3.8, 4) is 11.8 Å². The normalized spacial score (nSPS) is 26.5. The van der Waals surface area contributed by atoms with Gasteiger partial charge in [0, 0.05) is 41.9 Å². The van der Waals surface area contributed by atoms with Gasteiger partial charge in [-0.25, -0.2) is 15.0 Å². The first kappa shape index (κ1) is 28.8. The number of hydrogen-bond donors (Lipinski definition) is 2. The highest BCUT2D eigenvalue weighted by molar-refractivity contribution is 6.32. The van der Waals surface area contributed by atoms with Gasteiger partial charge in [0.25, 0.3) is 0 Å². The number of fused-ring (bicyclic) bond motifs is 4. The predicted molar refractivity (Wildman–Crippen MR) is 169 cm³/mol. The van der Waals surface area contributed by atoms with Gasteiger partial charge in [-0.2, -0.15) is 0 Å². The summed E-state index contributed by atoms with van der Waals surface area (Å²) in [6, 6.07) is 14.7. The van der Waals surface area contributed by atoms with E-state index in [4.69, 9.17) is 47.6 Å². The van der Waals surface area contributed by atoms with Gasteiger partial charge < -0.3 is 24.7 Å². The van der Waals surface area contributed by atoms with Crippen LogP contribution in [-0.2, 0) is 14.3 Å². The molecule has 1 saturated heterocycles. The maximum atomic E-state index is 13.2. The number of carbonyl (C=O) groups excluding carboxylic acids is 1. The van der Waals surface area contributed by atoms with Crippen molar-refractivity contribution >= 4 is 52.0 Å². The molecule has 11 heteroatoms. The van der Waals surface area contributed by atoms with Crippen molar-refractivity contribution in [3.63, 3.8) is 0 Å². The van der Waals surface area contributed by atoms with E-state index in [1.807, 2.05) is 74.0 Å². The molecule has 224 valence electrons. The van der Waals surface area contributed by atoms with E-state index >= 15 is 0 Å². The molecule has 9 nitrogen and oxygen atoms in total. The van der Waals surface area contributed by atoms with Gasteiger partial charge in [-0.1, -0.05) is 59.5 Å². The number of ether oxygens (including phenoxy) is 2. The van der Waals surface area contributed by atoms with E-state index in [-0.39, 0.29) is 30.1 Å². The molecule has 4 aromatic rings. The van der Waals surface area contributed by atoms with Crippen LogP contribution in [0.5, 0.6) is 0 Å². The summed E-state index contributed by atoms with van der Waals surface area (Å²) in [5, 5.41) is 7.24. The highest BCUT2D eigenvalue weighted by Crippen LogP contribution is 2.71. The summed E-state index contributed by atoms with van der Waals surface area (Å²) in [6.07, 6.45) is 3.59. The molecular formula is C33H30Cl2N6O3. The molecule has 1 amide bonds. The Kier molecular flexibility index (Phi) is 6.94. The van der Waals surface area contributed by atoms with E-state index in [0.717, 1.165) is 11.3 Å². The fourth-order valence-electron chi connectivity index (χ4n) is 6.80. The molecule has 0 radical (unpaired) electrons. The molecule has 0 spiro atoms. The van der Waals surface area contributed by atoms with Crippen LogP contribution in [0.1, 0.15) is 49.0 Å². The molecule has 7 rings (SSSR count). The summed E-state index contributed by atoms with van der Waals surface area (Å²) in [6.45, 7) is 3.76. The second-order valence-corrected chi connectivity index (χ2v) is 12.5. The number of halogens is 2. The third-order valence-electron chi connectivity index (χ3n) is 8.76. The van der Waals surface area contributed by atoms with Crippen molar-refractivity contribution in [3.05, 3.63) is 87.5 Å². The summed E-state index contributed by atoms with van der Waals surface area (Å²) in [5.74, 6) is 5.65. The van der Waals surface area contributed by atoms with Crippen LogP contribution in [0.4, 0.5) is 0 Å². The molecule has 3 heterocycles. The molecule has 0 unspecified atom stereocenters.